The number of carbonyl (C=O) groups is 2. The first-order chi connectivity index (χ1) is 13.0. The summed E-state index contributed by atoms with van der Waals surface area (Å²) in [6.45, 7) is 10.4. The zero-order valence-electron chi connectivity index (χ0n) is 18.6. The van der Waals surface area contributed by atoms with Crippen molar-refractivity contribution < 1.29 is 28.9 Å². The van der Waals surface area contributed by atoms with Crippen molar-refractivity contribution in [3.8, 4) is 0 Å². The van der Waals surface area contributed by atoms with Gasteiger partial charge in [-0.3, -0.25) is 9.59 Å². The van der Waals surface area contributed by atoms with Crippen LogP contribution in [0.25, 0.3) is 0 Å². The van der Waals surface area contributed by atoms with E-state index in [9.17, 15) is 14.7 Å². The summed E-state index contributed by atoms with van der Waals surface area (Å²) in [5, 5.41) is 15.2. The average molecular weight is 405 g/mol. The Morgan fingerprint density at radius 2 is 1.39 bits per heavy atom. The molecule has 0 fully saturated rings. The molecule has 0 aliphatic heterocycles. The summed E-state index contributed by atoms with van der Waals surface area (Å²) in [6.07, 6.45) is 1.15. The molecule has 8 heteroatoms. The van der Waals surface area contributed by atoms with Crippen LogP contribution in [0.1, 0.15) is 47.5 Å². The first-order valence-corrected chi connectivity index (χ1v) is 9.76. The predicted octanol–water partition coefficient (Wildman–Crippen LogP) is 1.11. The highest BCUT2D eigenvalue weighted by atomic mass is 16.5. The molecular formula is C20H40N2O6. The topological polar surface area (TPSA) is 106 Å². The Hall–Kier alpha value is -1.22. The molecule has 2 atom stereocenters. The third kappa shape index (κ3) is 10.9. The van der Waals surface area contributed by atoms with E-state index in [1.54, 1.807) is 28.1 Å². The molecule has 0 saturated heterocycles. The van der Waals surface area contributed by atoms with E-state index >= 15 is 0 Å². The highest BCUT2D eigenvalue weighted by molar-refractivity contribution is 5.82. The van der Waals surface area contributed by atoms with Gasteiger partial charge in [0, 0.05) is 32.8 Å². The monoisotopic (exact) mass is 404 g/mol. The number of nitrogens with one attached hydrogen (secondary N) is 2. The lowest BCUT2D eigenvalue weighted by atomic mass is 9.93. The maximum atomic E-state index is 12.5. The first-order valence-electron chi connectivity index (χ1n) is 9.76. The van der Waals surface area contributed by atoms with Crippen LogP contribution in [0.3, 0.4) is 0 Å². The van der Waals surface area contributed by atoms with Crippen LogP contribution in [0.2, 0.25) is 0 Å². The summed E-state index contributed by atoms with van der Waals surface area (Å²) in [5.41, 5.74) is -1.27. The molecule has 0 aliphatic rings. The predicted molar refractivity (Wildman–Crippen MR) is 108 cm³/mol. The zero-order valence-corrected chi connectivity index (χ0v) is 18.6. The molecule has 0 spiro atoms. The molecule has 0 bridgehead atoms. The SMILES string of the molecule is COCC[C@@H](COCC(C)(C)C(=O)N[C@@H](CO)CCOC)NC(=O)C(C)(C)C. The minimum atomic E-state index is -0.777. The van der Waals surface area contributed by atoms with Gasteiger partial charge in [-0.15, -0.1) is 0 Å². The van der Waals surface area contributed by atoms with E-state index in [0.717, 1.165) is 0 Å². The number of rotatable bonds is 14. The standard InChI is InChI=1S/C20H40N2O6/c1-19(2,3)17(24)22-16(9-11-27-7)13-28-14-20(4,5)18(25)21-15(12-23)8-10-26-6/h15-16,23H,8-14H2,1-7H3,(H,21,25)(H,22,24)/t15-,16+/m1/s1. The van der Waals surface area contributed by atoms with Gasteiger partial charge in [-0.2, -0.15) is 0 Å². The summed E-state index contributed by atoms with van der Waals surface area (Å²) >= 11 is 0. The van der Waals surface area contributed by atoms with Gasteiger partial charge in [0.1, 0.15) is 0 Å². The van der Waals surface area contributed by atoms with E-state index in [1.807, 2.05) is 20.8 Å². The molecule has 8 nitrogen and oxygen atoms in total. The van der Waals surface area contributed by atoms with Gasteiger partial charge in [0.25, 0.3) is 0 Å². The van der Waals surface area contributed by atoms with Crippen LogP contribution in [-0.4, -0.2) is 76.3 Å². The molecule has 0 aromatic carbocycles. The van der Waals surface area contributed by atoms with Gasteiger partial charge in [-0.1, -0.05) is 20.8 Å². The lowest BCUT2D eigenvalue weighted by Gasteiger charge is -2.28. The number of ether oxygens (including phenoxy) is 3. The molecule has 0 aromatic heterocycles. The average Bonchev–Trinajstić information content (AvgIpc) is 2.61. The minimum Gasteiger partial charge on any atom is -0.394 e. The quantitative estimate of drug-likeness (QED) is 0.400. The molecule has 3 N–H and O–H groups in total. The molecule has 0 saturated carbocycles. The minimum absolute atomic E-state index is 0.0573. The third-order valence-corrected chi connectivity index (χ3v) is 4.31. The zero-order chi connectivity index (χ0) is 21.8. The number of methoxy groups -OCH3 is 2. The second kappa shape index (κ2) is 13.1. The highest BCUT2D eigenvalue weighted by Crippen LogP contribution is 2.17. The maximum absolute atomic E-state index is 12.5. The van der Waals surface area contributed by atoms with Crippen molar-refractivity contribution in [3.63, 3.8) is 0 Å². The van der Waals surface area contributed by atoms with Gasteiger partial charge in [0.05, 0.1) is 37.3 Å². The second-order valence-corrected chi connectivity index (χ2v) is 8.74. The van der Waals surface area contributed by atoms with Crippen molar-refractivity contribution in [1.82, 2.24) is 10.6 Å². The first kappa shape index (κ1) is 26.8. The van der Waals surface area contributed by atoms with Crippen LogP contribution in [-0.2, 0) is 23.8 Å². The van der Waals surface area contributed by atoms with Gasteiger partial charge in [-0.25, -0.2) is 0 Å². The van der Waals surface area contributed by atoms with Crippen LogP contribution >= 0.6 is 0 Å². The van der Waals surface area contributed by atoms with Crippen molar-refractivity contribution >= 4 is 11.8 Å². The number of hydrogen-bond acceptors (Lipinski definition) is 6. The van der Waals surface area contributed by atoms with E-state index in [2.05, 4.69) is 10.6 Å². The molecule has 2 amide bonds. The summed E-state index contributed by atoms with van der Waals surface area (Å²) in [4.78, 5) is 24.8. The van der Waals surface area contributed by atoms with Crippen molar-refractivity contribution in [2.75, 3.05) is 47.3 Å². The van der Waals surface area contributed by atoms with Gasteiger partial charge in [0.2, 0.25) is 11.8 Å². The number of carbonyl (C=O) groups excluding carboxylic acids is 2. The molecular weight excluding hydrogens is 364 g/mol. The van der Waals surface area contributed by atoms with Crippen LogP contribution < -0.4 is 10.6 Å². The molecule has 0 rings (SSSR count). The third-order valence-electron chi connectivity index (χ3n) is 4.31. The van der Waals surface area contributed by atoms with E-state index < -0.39 is 10.8 Å². The molecule has 0 aromatic rings. The van der Waals surface area contributed by atoms with Gasteiger partial charge >= 0.3 is 0 Å². The molecule has 0 aliphatic carbocycles. The molecule has 28 heavy (non-hydrogen) atoms. The Kier molecular flexibility index (Phi) is 12.5. The lowest BCUT2D eigenvalue weighted by molar-refractivity contribution is -0.135. The normalized spacial score (nSPS) is 14.4. The molecule has 0 unspecified atom stereocenters. The largest absolute Gasteiger partial charge is 0.394 e. The summed E-state index contributed by atoms with van der Waals surface area (Å²) < 4.78 is 15.9. The number of hydrogen-bond donors (Lipinski definition) is 3. The van der Waals surface area contributed by atoms with Crippen LogP contribution in [0.4, 0.5) is 0 Å². The van der Waals surface area contributed by atoms with Gasteiger partial charge in [0.15, 0.2) is 0 Å². The van der Waals surface area contributed by atoms with Gasteiger partial charge in [-0.05, 0) is 26.7 Å². The Labute approximate surface area is 169 Å². The van der Waals surface area contributed by atoms with Gasteiger partial charge < -0.3 is 30.0 Å². The Morgan fingerprint density at radius 1 is 0.893 bits per heavy atom. The second-order valence-electron chi connectivity index (χ2n) is 8.74. The summed E-state index contributed by atoms with van der Waals surface area (Å²) in [6, 6.07) is -0.551. The smallest absolute Gasteiger partial charge is 0.228 e. The lowest BCUT2D eigenvalue weighted by Crippen LogP contribution is -2.48. The number of amides is 2. The fraction of sp³-hybridized carbons (Fsp3) is 0.900. The van der Waals surface area contributed by atoms with Crippen LogP contribution in [0, 0.1) is 10.8 Å². The number of aliphatic hydroxyl groups is 1. The van der Waals surface area contributed by atoms with Crippen molar-refractivity contribution in [2.24, 2.45) is 10.8 Å². The fourth-order valence-corrected chi connectivity index (χ4v) is 2.23. The van der Waals surface area contributed by atoms with Crippen molar-refractivity contribution in [2.45, 2.75) is 59.5 Å². The van der Waals surface area contributed by atoms with Crippen molar-refractivity contribution in [1.29, 1.82) is 0 Å². The van der Waals surface area contributed by atoms with E-state index in [4.69, 9.17) is 14.2 Å². The Morgan fingerprint density at radius 3 is 1.86 bits per heavy atom. The highest BCUT2D eigenvalue weighted by Gasteiger charge is 2.30. The van der Waals surface area contributed by atoms with E-state index in [1.165, 1.54) is 0 Å². The molecule has 166 valence electrons. The Balaban J connectivity index is 4.64. The van der Waals surface area contributed by atoms with E-state index in [0.29, 0.717) is 26.1 Å². The fourth-order valence-electron chi connectivity index (χ4n) is 2.23. The Bertz CT molecular complexity index is 462. The summed E-state index contributed by atoms with van der Waals surface area (Å²) in [7, 11) is 3.19. The van der Waals surface area contributed by atoms with Crippen molar-refractivity contribution in [3.05, 3.63) is 0 Å². The number of aliphatic hydroxyl groups excluding tert-OH is 1. The molecule has 0 heterocycles. The van der Waals surface area contributed by atoms with Crippen LogP contribution in [0.15, 0.2) is 0 Å². The molecule has 0 radical (unpaired) electrons. The summed E-state index contributed by atoms with van der Waals surface area (Å²) in [5.74, 6) is -0.257. The maximum Gasteiger partial charge on any atom is 0.228 e. The van der Waals surface area contributed by atoms with Crippen LogP contribution in [0.5, 0.6) is 0 Å². The van der Waals surface area contributed by atoms with E-state index in [-0.39, 0.29) is 43.7 Å².